The number of carbonyl (C=O) groups is 2. The number of nitrogens with zero attached hydrogens (tertiary/aromatic N) is 3. The predicted octanol–water partition coefficient (Wildman–Crippen LogP) is 6.08. The summed E-state index contributed by atoms with van der Waals surface area (Å²) in [6, 6.07) is 10.8. The van der Waals surface area contributed by atoms with Crippen molar-refractivity contribution in [2.45, 2.75) is 97.3 Å². The molecule has 1 aliphatic carbocycles. The molecule has 6 rings (SSSR count). The summed E-state index contributed by atoms with van der Waals surface area (Å²) in [5, 5.41) is 19.5. The van der Waals surface area contributed by atoms with Crippen molar-refractivity contribution in [2.24, 2.45) is 16.3 Å². The van der Waals surface area contributed by atoms with Crippen LogP contribution in [0.5, 0.6) is 5.75 Å². The van der Waals surface area contributed by atoms with E-state index in [1.54, 1.807) is 0 Å². The fourth-order valence-electron chi connectivity index (χ4n) is 7.09. The van der Waals surface area contributed by atoms with Crippen LogP contribution in [0.1, 0.15) is 88.2 Å². The van der Waals surface area contributed by atoms with Crippen molar-refractivity contribution in [2.75, 3.05) is 19.6 Å². The molecule has 0 radical (unpaired) electrons. The van der Waals surface area contributed by atoms with Crippen LogP contribution in [0.15, 0.2) is 47.6 Å². The molecule has 2 aliphatic heterocycles. The second kappa shape index (κ2) is 15.7. The number of hydrogen-bond acceptors (Lipinski definition) is 7. The van der Waals surface area contributed by atoms with E-state index in [1.807, 2.05) is 24.3 Å². The molecule has 12 heteroatoms. The van der Waals surface area contributed by atoms with Crippen molar-refractivity contribution in [1.29, 1.82) is 0 Å². The highest BCUT2D eigenvalue weighted by Crippen LogP contribution is 2.39. The number of aromatic hydroxyl groups is 1. The molecule has 274 valence electrons. The Morgan fingerprint density at radius 2 is 1.69 bits per heavy atom. The molecule has 3 aromatic rings. The molecule has 1 aromatic carbocycles. The first-order valence-electron chi connectivity index (χ1n) is 17.6. The zero-order valence-electron chi connectivity index (χ0n) is 29.6. The summed E-state index contributed by atoms with van der Waals surface area (Å²) in [5.41, 5.74) is 6.87. The monoisotopic (exact) mass is 711 g/mol. The second-order valence-electron chi connectivity index (χ2n) is 15.1. The number of piperidine rings is 1. The Morgan fingerprint density at radius 1 is 1.02 bits per heavy atom. The largest absolute Gasteiger partial charge is 0.506 e. The molecule has 0 amide bonds. The number of aryl methyl sites for hydroxylation is 1. The molecule has 0 spiro atoms. The number of quaternary nitrogens is 1. The van der Waals surface area contributed by atoms with E-state index in [2.05, 4.69) is 31.8 Å². The molecule has 2 atom stereocenters. The van der Waals surface area contributed by atoms with Gasteiger partial charge in [0.25, 0.3) is 0 Å². The first kappa shape index (κ1) is 38.2. The number of pyridine rings is 2. The maximum atomic E-state index is 14.5. The Balaban J connectivity index is 0.000000654. The number of aliphatic hydroxyl groups is 1. The Bertz CT molecular complexity index is 1760. The number of hydrogen-bond donors (Lipinski definition) is 3. The van der Waals surface area contributed by atoms with Gasteiger partial charge in [-0.25, -0.2) is 14.4 Å². The van der Waals surface area contributed by atoms with Gasteiger partial charge in [-0.05, 0) is 53.7 Å². The zero-order valence-corrected chi connectivity index (χ0v) is 29.6. The Morgan fingerprint density at radius 3 is 2.29 bits per heavy atom. The number of likely N-dealkylation sites (tertiary alicyclic amines) is 1. The maximum absolute atomic E-state index is 14.5. The van der Waals surface area contributed by atoms with Gasteiger partial charge in [0.05, 0.1) is 49.0 Å². The molecule has 1 fully saturated rings. The minimum Gasteiger partial charge on any atom is -0.506 e. The van der Waals surface area contributed by atoms with Crippen molar-refractivity contribution in [3.63, 3.8) is 0 Å². The van der Waals surface area contributed by atoms with Crippen LogP contribution in [0.3, 0.4) is 0 Å². The third-order valence-corrected chi connectivity index (χ3v) is 10.4. The van der Waals surface area contributed by atoms with Crippen molar-refractivity contribution in [3.05, 3.63) is 70.9 Å². The van der Waals surface area contributed by atoms with Crippen LogP contribution in [-0.4, -0.2) is 69.4 Å². The fraction of sp³-hybridized carbons (Fsp3) is 0.513. The number of Topliss-reactive ketones (excluding diaryl/α,β-unsaturated/α-hetero) is 2. The number of fused-ring (bicyclic) bond motifs is 2. The van der Waals surface area contributed by atoms with Crippen LogP contribution in [0, 0.1) is 17.2 Å². The molecule has 0 saturated carbocycles. The quantitative estimate of drug-likeness (QED) is 0.244. The summed E-state index contributed by atoms with van der Waals surface area (Å²) in [6.07, 6.45) is 2.78. The lowest BCUT2D eigenvalue weighted by atomic mass is 9.71. The van der Waals surface area contributed by atoms with E-state index >= 15 is 0 Å². The second-order valence-corrected chi connectivity index (χ2v) is 15.1. The van der Waals surface area contributed by atoms with Gasteiger partial charge in [-0.3, -0.25) is 14.6 Å². The van der Waals surface area contributed by atoms with Crippen molar-refractivity contribution >= 4 is 23.0 Å². The summed E-state index contributed by atoms with van der Waals surface area (Å²) < 4.78 is 47.0. The molecule has 3 aliphatic rings. The molecular weight excluding hydrogens is 664 g/mol. The van der Waals surface area contributed by atoms with E-state index in [4.69, 9.17) is 9.98 Å². The van der Waals surface area contributed by atoms with Crippen LogP contribution >= 0.6 is 0 Å². The smallest absolute Gasteiger partial charge is 0.449 e. The molecule has 1 saturated heterocycles. The van der Waals surface area contributed by atoms with Crippen LogP contribution in [0.4, 0.5) is 23.2 Å². The molecule has 3 N–H and O–H groups in total. The van der Waals surface area contributed by atoms with E-state index in [1.165, 1.54) is 22.4 Å². The normalized spacial score (nSPS) is 20.7. The van der Waals surface area contributed by atoms with Crippen LogP contribution in [0.25, 0.3) is 11.3 Å². The number of ketones is 2. The maximum Gasteiger partial charge on any atom is 0.449 e. The van der Waals surface area contributed by atoms with Crippen LogP contribution < -0.4 is 4.90 Å². The molecule has 8 nitrogen and oxygen atoms in total. The first-order valence-corrected chi connectivity index (χ1v) is 17.6. The summed E-state index contributed by atoms with van der Waals surface area (Å²) in [7, 11) is 0. The van der Waals surface area contributed by atoms with Gasteiger partial charge >= 0.3 is 6.18 Å². The molecule has 0 unspecified atom stereocenters. The van der Waals surface area contributed by atoms with Gasteiger partial charge in [-0.15, -0.1) is 0 Å². The summed E-state index contributed by atoms with van der Waals surface area (Å²) in [5.74, 6) is -1.90. The number of nitrogens with one attached hydrogen (secondary N) is 1. The van der Waals surface area contributed by atoms with Crippen LogP contribution in [-0.2, 0) is 28.9 Å². The SMILES string of the molecule is CC(=O)C(F)(F)F.CC(C)(C)[C@H]1CCc2nc3c(cc2C1)N=C(C(=O)C[C@H](CC[NH+]1CCC(O)CC1)c1ccc(-c2ncc(O)cc2F)cc1)C3. The average molecular weight is 712 g/mol. The number of halogens is 4. The third-order valence-electron chi connectivity index (χ3n) is 10.4. The van der Waals surface area contributed by atoms with Gasteiger partial charge in [0.2, 0.25) is 5.78 Å². The molecule has 4 heterocycles. The first-order chi connectivity index (χ1) is 24.0. The number of aliphatic hydroxyl groups excluding tert-OH is 1. The lowest BCUT2D eigenvalue weighted by Crippen LogP contribution is -3.13. The highest BCUT2D eigenvalue weighted by molar-refractivity contribution is 6.41. The van der Waals surface area contributed by atoms with E-state index in [0.717, 1.165) is 81.2 Å². The number of carbonyl (C=O) groups excluding carboxylic acids is 2. The molecular formula is C39H47F4N4O4+. The molecule has 0 bridgehead atoms. The van der Waals surface area contributed by atoms with E-state index < -0.39 is 17.8 Å². The number of aliphatic imine (C=N–C) groups is 1. The summed E-state index contributed by atoms with van der Waals surface area (Å²) in [4.78, 5) is 38.5. The number of alkyl halides is 3. The highest BCUT2D eigenvalue weighted by Gasteiger charge is 2.34. The summed E-state index contributed by atoms with van der Waals surface area (Å²) in [6.45, 7) is 10.2. The van der Waals surface area contributed by atoms with Gasteiger partial charge in [0.1, 0.15) is 11.4 Å². The van der Waals surface area contributed by atoms with E-state index in [-0.39, 0.29) is 34.7 Å². The van der Waals surface area contributed by atoms with E-state index in [9.17, 15) is 37.4 Å². The standard InChI is InChI=1S/C36H43FN4O3.C3H3F3O/c1-36(2,3)26-8-9-30-25(16-26)17-31-32(39-30)20-33(40-31)34(44)18-24(10-13-41-14-11-27(42)12-15-41)22-4-6-23(7-5-22)35-29(37)19-28(43)21-38-35;1-2(7)3(4,5)6/h4-7,17,19,21,24,26-27,42-43H,8-16,18,20H2,1-3H3;1H3/p+1/t24-,26-;/m0./s1. The number of benzene rings is 1. The summed E-state index contributed by atoms with van der Waals surface area (Å²) >= 11 is 0. The van der Waals surface area contributed by atoms with E-state index in [0.29, 0.717) is 37.0 Å². The van der Waals surface area contributed by atoms with Crippen molar-refractivity contribution in [1.82, 2.24) is 9.97 Å². The van der Waals surface area contributed by atoms with Crippen molar-refractivity contribution in [3.8, 4) is 17.0 Å². The Labute approximate surface area is 296 Å². The van der Waals surface area contributed by atoms with Gasteiger partial charge in [-0.2, -0.15) is 13.2 Å². The third kappa shape index (κ3) is 9.85. The lowest BCUT2D eigenvalue weighted by molar-refractivity contribution is -0.906. The van der Waals surface area contributed by atoms with Crippen molar-refractivity contribution < 1.29 is 42.3 Å². The topological polar surface area (TPSA) is 117 Å². The zero-order chi connectivity index (χ0) is 37.1. The highest BCUT2D eigenvalue weighted by atomic mass is 19.4. The average Bonchev–Trinajstić information content (AvgIpc) is 3.49. The fourth-order valence-corrected chi connectivity index (χ4v) is 7.09. The number of rotatable bonds is 8. The van der Waals surface area contributed by atoms with Gasteiger partial charge < -0.3 is 15.1 Å². The van der Waals surface area contributed by atoms with Gasteiger partial charge in [0.15, 0.2) is 11.6 Å². The minimum atomic E-state index is -4.64. The van der Waals surface area contributed by atoms with Gasteiger partial charge in [0, 0.05) is 56.4 Å². The van der Waals surface area contributed by atoms with Crippen LogP contribution in [0.2, 0.25) is 0 Å². The van der Waals surface area contributed by atoms with Gasteiger partial charge in [-0.1, -0.05) is 45.0 Å². The Hall–Kier alpha value is -4.03. The predicted molar refractivity (Wildman–Crippen MR) is 186 cm³/mol. The molecule has 51 heavy (non-hydrogen) atoms. The minimum absolute atomic E-state index is 0.0198. The Kier molecular flexibility index (Phi) is 11.8. The molecule has 2 aromatic heterocycles. The number of aromatic nitrogens is 2. The lowest BCUT2D eigenvalue weighted by Gasteiger charge is -2.34.